The minimum absolute atomic E-state index is 0.253. The van der Waals surface area contributed by atoms with Gasteiger partial charge in [-0.05, 0) is 83.9 Å². The van der Waals surface area contributed by atoms with Gasteiger partial charge < -0.3 is 39.5 Å². The quantitative estimate of drug-likeness (QED) is 0.0601. The van der Waals surface area contributed by atoms with Gasteiger partial charge in [0.1, 0.15) is 45.0 Å². The highest BCUT2D eigenvalue weighted by Crippen LogP contribution is 2.53. The SMILES string of the molecule is CC(C)(C(N)=O)[C@H]1c2ccccc2Oc2nc(-c3ccc(S(=O)N4CCOCC4)cc3)ccc21.COc1ccc(CN=C=O)cc1.COc1ccc(CNC(=O)NC(=O)C(C)(C)[C@H]2c3ccccc3Oc3nc(-c4ccc(S(=O)N5CCOCC5)cc4)ccc32)cc1. The molecule has 6 aromatic carbocycles. The maximum atomic E-state index is 13.7. The van der Waals surface area contributed by atoms with Crippen molar-refractivity contribution in [2.45, 2.75) is 62.4 Å². The van der Waals surface area contributed by atoms with Crippen LogP contribution in [0, 0.1) is 10.8 Å². The summed E-state index contributed by atoms with van der Waals surface area (Å²) < 4.78 is 63.0. The van der Waals surface area contributed by atoms with Crippen LogP contribution < -0.4 is 35.3 Å². The van der Waals surface area contributed by atoms with E-state index in [4.69, 9.17) is 44.1 Å². The summed E-state index contributed by atoms with van der Waals surface area (Å²) in [6.07, 6.45) is 1.49. The van der Waals surface area contributed by atoms with Crippen molar-refractivity contribution in [3.63, 3.8) is 0 Å². The lowest BCUT2D eigenvalue weighted by molar-refractivity contribution is -0.129. The molecule has 4 N–H and O–H groups in total. The summed E-state index contributed by atoms with van der Waals surface area (Å²) in [6.45, 7) is 12.9. The number of urea groups is 1. The molecule has 8 aromatic rings. The largest absolute Gasteiger partial charge is 0.497 e. The Balaban J connectivity index is 0.000000176. The molecule has 12 rings (SSSR count). The van der Waals surface area contributed by atoms with Crippen molar-refractivity contribution in [3.05, 3.63) is 203 Å². The number of nitrogens with one attached hydrogen (secondary N) is 2. The van der Waals surface area contributed by atoms with Crippen LogP contribution in [0.2, 0.25) is 0 Å². The number of fused-ring (bicyclic) bond motifs is 4. The Labute approximate surface area is 539 Å². The number of imide groups is 1. The van der Waals surface area contributed by atoms with Crippen molar-refractivity contribution in [2.75, 3.05) is 66.8 Å². The van der Waals surface area contributed by atoms with Gasteiger partial charge in [0, 0.05) is 77.9 Å². The molecule has 2 aromatic heterocycles. The first kappa shape index (κ1) is 65.7. The number of rotatable bonds is 16. The third-order valence-corrected chi connectivity index (χ3v) is 19.4. The molecule has 2 fully saturated rings. The molecule has 4 aliphatic rings. The lowest BCUT2D eigenvalue weighted by atomic mass is 9.69. The summed E-state index contributed by atoms with van der Waals surface area (Å²) in [6, 6.07) is 52.2. The van der Waals surface area contributed by atoms with Gasteiger partial charge in [0.15, 0.2) is 0 Å². The second-order valence-corrected chi connectivity index (χ2v) is 26.0. The monoisotopic (exact) mass is 1280 g/mol. The Morgan fingerprint density at radius 1 is 0.576 bits per heavy atom. The number of nitrogens with two attached hydrogens (primary N) is 1. The van der Waals surface area contributed by atoms with E-state index in [0.29, 0.717) is 88.1 Å². The molecule has 4 aliphatic heterocycles. The third kappa shape index (κ3) is 15.2. The van der Waals surface area contributed by atoms with E-state index in [0.717, 1.165) is 71.5 Å². The summed E-state index contributed by atoms with van der Waals surface area (Å²) in [5.74, 6) is 2.14. The van der Waals surface area contributed by atoms with E-state index in [1.807, 2.05) is 206 Å². The van der Waals surface area contributed by atoms with Crippen LogP contribution in [0.1, 0.15) is 72.9 Å². The fourth-order valence-corrected chi connectivity index (χ4v) is 13.4. The number of nitrogens with zero attached hydrogens (tertiary/aromatic N) is 5. The number of carbonyl (C=O) groups is 3. The average Bonchev–Trinajstić information content (AvgIpc) is 0.759. The number of hydrogen-bond donors (Lipinski definition) is 3. The number of methoxy groups -OCH3 is 2. The Bertz CT molecular complexity index is 4020. The molecule has 0 radical (unpaired) electrons. The maximum Gasteiger partial charge on any atom is 0.321 e. The van der Waals surface area contributed by atoms with Crippen molar-refractivity contribution in [1.82, 2.24) is 29.2 Å². The molecule has 22 heteroatoms. The topological polar surface area (TPSA) is 252 Å². The number of hydrogen-bond acceptors (Lipinski definition) is 15. The zero-order chi connectivity index (χ0) is 64.9. The highest BCUT2D eigenvalue weighted by molar-refractivity contribution is 7.83. The second kappa shape index (κ2) is 29.8. The fourth-order valence-electron chi connectivity index (χ4n) is 11.1. The number of aromatic nitrogens is 2. The van der Waals surface area contributed by atoms with E-state index in [9.17, 15) is 27.6 Å². The molecule has 2 unspecified atom stereocenters. The zero-order valence-corrected chi connectivity index (χ0v) is 53.6. The Morgan fingerprint density at radius 3 is 1.42 bits per heavy atom. The lowest BCUT2D eigenvalue weighted by Crippen LogP contribution is -2.48. The van der Waals surface area contributed by atoms with E-state index >= 15 is 0 Å². The molecule has 0 spiro atoms. The minimum atomic E-state index is -1.26. The van der Waals surface area contributed by atoms with Gasteiger partial charge in [0.05, 0.1) is 79.2 Å². The van der Waals surface area contributed by atoms with Gasteiger partial charge in [-0.2, -0.15) is 0 Å². The van der Waals surface area contributed by atoms with Crippen LogP contribution >= 0.6 is 0 Å². The number of para-hydroxylation sites is 2. The molecule has 4 atom stereocenters. The molecule has 0 aliphatic carbocycles. The standard InChI is InChI=1S/C35H36N4O6S.C26H27N3O4S.C9H9NO2/c1-35(2,33(40)38-34(41)36-22-23-8-12-25(43-3)13-9-23)31-27-6-4-5-7-30(27)45-32-28(31)16-17-29(37-32)24-10-14-26(15-11-24)46(42)39-18-20-44-21-19-39;1-26(2,25(27)30)23-19-5-3-4-6-22(19)33-24-20(23)11-12-21(28-24)17-7-9-18(10-8-17)34(31)29-13-15-32-16-14-29;1-12-9-4-2-8(3-5-9)6-10-7-11/h4-17,31H,18-22H2,1-3H3,(H2,36,38,40,41);3-12,23H,13-16H2,1-2H3,(H2,27,30);2-5H,6H2,1H3/t31-,46?;23-,34?;/m00./s1. The number of ether oxygens (including phenoxy) is 6. The molecule has 4 amide bonds. The second-order valence-electron chi connectivity index (χ2n) is 23.0. The molecule has 0 bridgehead atoms. The molecule has 0 saturated carbocycles. The van der Waals surface area contributed by atoms with Crippen LogP contribution in [0.4, 0.5) is 4.79 Å². The first-order valence-corrected chi connectivity index (χ1v) is 32.1. The van der Waals surface area contributed by atoms with E-state index in [-0.39, 0.29) is 18.4 Å². The van der Waals surface area contributed by atoms with Gasteiger partial charge in [-0.3, -0.25) is 14.9 Å². The van der Waals surface area contributed by atoms with E-state index in [1.165, 1.54) is 6.08 Å². The number of morpholine rings is 2. The van der Waals surface area contributed by atoms with Crippen molar-refractivity contribution < 1.29 is 56.0 Å². The van der Waals surface area contributed by atoms with Crippen molar-refractivity contribution in [3.8, 4) is 57.3 Å². The zero-order valence-electron chi connectivity index (χ0n) is 51.9. The summed E-state index contributed by atoms with van der Waals surface area (Å²) in [4.78, 5) is 63.2. The first-order chi connectivity index (χ1) is 44.5. The molecule has 2 saturated heterocycles. The molecular weight excluding hydrogens is 1210 g/mol. The summed E-state index contributed by atoms with van der Waals surface area (Å²) >= 11 is 0. The highest BCUT2D eigenvalue weighted by atomic mass is 32.2. The average molecular weight is 1280 g/mol. The predicted molar refractivity (Wildman–Crippen MR) is 349 cm³/mol. The number of isocyanates is 1. The predicted octanol–water partition coefficient (Wildman–Crippen LogP) is 10.8. The van der Waals surface area contributed by atoms with Crippen LogP contribution in [-0.2, 0) is 58.9 Å². The van der Waals surface area contributed by atoms with Crippen molar-refractivity contribution in [2.24, 2.45) is 21.6 Å². The van der Waals surface area contributed by atoms with Crippen LogP contribution in [0.3, 0.4) is 0 Å². The number of benzene rings is 6. The van der Waals surface area contributed by atoms with Crippen LogP contribution in [0.25, 0.3) is 22.5 Å². The summed E-state index contributed by atoms with van der Waals surface area (Å²) in [5.41, 5.74) is 12.2. The number of aliphatic imine (C=N–C) groups is 1. The van der Waals surface area contributed by atoms with E-state index < -0.39 is 50.7 Å². The fraction of sp³-hybridized carbons (Fsp3) is 0.286. The van der Waals surface area contributed by atoms with Crippen LogP contribution in [0.15, 0.2) is 185 Å². The van der Waals surface area contributed by atoms with Crippen molar-refractivity contribution in [1.29, 1.82) is 0 Å². The number of primary amides is 1. The molecular formula is C70H72N8O12S2. The molecule has 20 nitrogen and oxygen atoms in total. The Kier molecular flexibility index (Phi) is 21.3. The molecule has 92 heavy (non-hydrogen) atoms. The van der Waals surface area contributed by atoms with Gasteiger partial charge in [0.25, 0.3) is 0 Å². The molecule has 6 heterocycles. The highest BCUT2D eigenvalue weighted by Gasteiger charge is 2.45. The van der Waals surface area contributed by atoms with Gasteiger partial charge in [0.2, 0.25) is 29.7 Å². The van der Waals surface area contributed by atoms with Gasteiger partial charge >= 0.3 is 6.03 Å². The van der Waals surface area contributed by atoms with Crippen molar-refractivity contribution >= 4 is 45.9 Å². The van der Waals surface area contributed by atoms with Crippen LogP contribution in [0.5, 0.6) is 34.8 Å². The van der Waals surface area contributed by atoms with E-state index in [2.05, 4.69) is 15.6 Å². The summed E-state index contributed by atoms with van der Waals surface area (Å²) in [5, 5.41) is 5.30. The smallest absolute Gasteiger partial charge is 0.321 e. The van der Waals surface area contributed by atoms with Gasteiger partial charge in [-0.25, -0.2) is 41.6 Å². The number of amides is 4. The minimum Gasteiger partial charge on any atom is -0.497 e. The number of carbonyl (C=O) groups excluding carboxylic acids is 4. The van der Waals surface area contributed by atoms with Gasteiger partial charge in [-0.1, -0.05) is 125 Å². The number of pyridine rings is 2. The van der Waals surface area contributed by atoms with Gasteiger partial charge in [-0.15, -0.1) is 0 Å². The normalized spacial score (nSPS) is 16.5. The lowest BCUT2D eigenvalue weighted by Gasteiger charge is -2.37. The summed E-state index contributed by atoms with van der Waals surface area (Å²) in [7, 11) is 0.726. The van der Waals surface area contributed by atoms with E-state index in [1.54, 1.807) is 14.2 Å². The Morgan fingerprint density at radius 2 is 1.00 bits per heavy atom. The van der Waals surface area contributed by atoms with Crippen LogP contribution in [-0.4, -0.2) is 118 Å². The third-order valence-electron chi connectivity index (χ3n) is 16.4. The first-order valence-electron chi connectivity index (χ1n) is 29.9. The molecule has 476 valence electrons. The maximum absolute atomic E-state index is 13.7. The Hall–Kier alpha value is -9.25.